The van der Waals surface area contributed by atoms with Crippen molar-refractivity contribution < 1.29 is 4.42 Å². The summed E-state index contributed by atoms with van der Waals surface area (Å²) >= 11 is 3.47. The van der Waals surface area contributed by atoms with Gasteiger partial charge in [0.1, 0.15) is 11.3 Å². The molecule has 1 unspecified atom stereocenters. The number of hydrogen-bond acceptors (Lipinski definition) is 2. The minimum Gasteiger partial charge on any atom is -0.459 e. The molecular formula is C17H16BrNO. The van der Waals surface area contributed by atoms with Crippen LogP contribution in [0.25, 0.3) is 11.0 Å². The second-order valence-electron chi connectivity index (χ2n) is 5.15. The molecule has 2 nitrogen and oxygen atoms in total. The van der Waals surface area contributed by atoms with E-state index in [0.717, 1.165) is 26.8 Å². The zero-order valence-electron chi connectivity index (χ0n) is 11.5. The first-order chi connectivity index (χ1) is 9.54. The van der Waals surface area contributed by atoms with Crippen LogP contribution in [0.1, 0.15) is 28.5 Å². The highest BCUT2D eigenvalue weighted by Crippen LogP contribution is 2.29. The summed E-state index contributed by atoms with van der Waals surface area (Å²) in [5, 5.41) is 1.06. The number of benzene rings is 2. The van der Waals surface area contributed by atoms with Crippen LogP contribution in [0.3, 0.4) is 0 Å². The molecule has 0 amide bonds. The summed E-state index contributed by atoms with van der Waals surface area (Å²) < 4.78 is 6.90. The summed E-state index contributed by atoms with van der Waals surface area (Å²) in [6.45, 7) is 4.20. The molecule has 1 atom stereocenters. The van der Waals surface area contributed by atoms with Crippen LogP contribution in [-0.2, 0) is 0 Å². The Balaban J connectivity index is 2.02. The van der Waals surface area contributed by atoms with Crippen molar-refractivity contribution in [1.82, 2.24) is 0 Å². The molecule has 0 radical (unpaired) electrons. The van der Waals surface area contributed by atoms with E-state index in [1.165, 1.54) is 11.1 Å². The third kappa shape index (κ3) is 2.39. The van der Waals surface area contributed by atoms with Gasteiger partial charge in [-0.15, -0.1) is 0 Å². The normalized spacial score (nSPS) is 12.8. The molecule has 2 aromatic carbocycles. The molecule has 0 saturated heterocycles. The minimum atomic E-state index is -0.236. The fraction of sp³-hybridized carbons (Fsp3) is 0.176. The van der Waals surface area contributed by atoms with Crippen molar-refractivity contribution in [2.45, 2.75) is 19.9 Å². The lowest BCUT2D eigenvalue weighted by atomic mass is 10.00. The molecule has 0 aliphatic carbocycles. The Kier molecular flexibility index (Phi) is 3.40. The molecule has 20 heavy (non-hydrogen) atoms. The number of furan rings is 1. The third-order valence-corrected chi connectivity index (χ3v) is 4.19. The van der Waals surface area contributed by atoms with E-state index in [9.17, 15) is 0 Å². The molecule has 0 aliphatic heterocycles. The predicted octanol–water partition coefficient (Wildman–Crippen LogP) is 4.86. The Hall–Kier alpha value is -1.58. The highest BCUT2D eigenvalue weighted by Gasteiger charge is 2.14. The lowest BCUT2D eigenvalue weighted by molar-refractivity contribution is 0.525. The Morgan fingerprint density at radius 2 is 1.80 bits per heavy atom. The second kappa shape index (κ2) is 5.08. The lowest BCUT2D eigenvalue weighted by Crippen LogP contribution is -2.11. The first kappa shape index (κ1) is 13.4. The second-order valence-corrected chi connectivity index (χ2v) is 6.07. The number of aryl methyl sites for hydroxylation is 2. The van der Waals surface area contributed by atoms with Crippen molar-refractivity contribution in [3.63, 3.8) is 0 Å². The molecule has 0 bridgehead atoms. The van der Waals surface area contributed by atoms with Crippen molar-refractivity contribution in [1.29, 1.82) is 0 Å². The standard InChI is InChI=1S/C17H16BrNO/c1-10-3-4-12(7-11(10)2)17(19)16-9-13-8-14(18)5-6-15(13)20-16/h3-9,17H,19H2,1-2H3. The van der Waals surface area contributed by atoms with E-state index in [1.54, 1.807) is 0 Å². The van der Waals surface area contributed by atoms with Gasteiger partial charge < -0.3 is 10.2 Å². The highest BCUT2D eigenvalue weighted by molar-refractivity contribution is 9.10. The first-order valence-electron chi connectivity index (χ1n) is 6.56. The van der Waals surface area contributed by atoms with E-state index in [0.29, 0.717) is 0 Å². The van der Waals surface area contributed by atoms with Crippen LogP contribution in [0.5, 0.6) is 0 Å². The Labute approximate surface area is 126 Å². The van der Waals surface area contributed by atoms with Gasteiger partial charge in [-0.25, -0.2) is 0 Å². The number of hydrogen-bond donors (Lipinski definition) is 1. The van der Waals surface area contributed by atoms with E-state index in [-0.39, 0.29) is 6.04 Å². The molecule has 0 spiro atoms. The molecule has 2 N–H and O–H groups in total. The molecule has 3 aromatic rings. The SMILES string of the molecule is Cc1ccc(C(N)c2cc3cc(Br)ccc3o2)cc1C. The van der Waals surface area contributed by atoms with E-state index in [4.69, 9.17) is 10.2 Å². The molecule has 3 rings (SSSR count). The summed E-state index contributed by atoms with van der Waals surface area (Å²) in [6.07, 6.45) is 0. The largest absolute Gasteiger partial charge is 0.459 e. The quantitative estimate of drug-likeness (QED) is 0.729. The maximum atomic E-state index is 6.33. The fourth-order valence-corrected chi connectivity index (χ4v) is 2.69. The van der Waals surface area contributed by atoms with Gasteiger partial charge in [-0.1, -0.05) is 34.1 Å². The van der Waals surface area contributed by atoms with Crippen LogP contribution in [0, 0.1) is 13.8 Å². The maximum absolute atomic E-state index is 6.33. The van der Waals surface area contributed by atoms with E-state index in [1.807, 2.05) is 24.3 Å². The van der Waals surface area contributed by atoms with Gasteiger partial charge in [0.15, 0.2) is 0 Å². The van der Waals surface area contributed by atoms with Gasteiger partial charge in [0.2, 0.25) is 0 Å². The first-order valence-corrected chi connectivity index (χ1v) is 7.35. The van der Waals surface area contributed by atoms with Gasteiger partial charge in [-0.2, -0.15) is 0 Å². The molecule has 1 heterocycles. The average molecular weight is 330 g/mol. The fourth-order valence-electron chi connectivity index (χ4n) is 2.31. The summed E-state index contributed by atoms with van der Waals surface area (Å²) in [5.41, 5.74) is 10.8. The Morgan fingerprint density at radius 3 is 2.55 bits per heavy atom. The molecule has 3 heteroatoms. The zero-order valence-corrected chi connectivity index (χ0v) is 13.1. The van der Waals surface area contributed by atoms with Crippen molar-refractivity contribution in [3.8, 4) is 0 Å². The molecule has 1 aromatic heterocycles. The average Bonchev–Trinajstić information content (AvgIpc) is 2.84. The van der Waals surface area contributed by atoms with E-state index in [2.05, 4.69) is 48.0 Å². The number of nitrogens with two attached hydrogens (primary N) is 1. The molecule has 102 valence electrons. The van der Waals surface area contributed by atoms with Crippen molar-refractivity contribution in [2.75, 3.05) is 0 Å². The van der Waals surface area contributed by atoms with Gasteiger partial charge in [0, 0.05) is 9.86 Å². The van der Waals surface area contributed by atoms with Gasteiger partial charge in [0.05, 0.1) is 6.04 Å². The van der Waals surface area contributed by atoms with Crippen LogP contribution in [0.2, 0.25) is 0 Å². The van der Waals surface area contributed by atoms with Crippen LogP contribution in [0.4, 0.5) is 0 Å². The number of halogens is 1. The smallest absolute Gasteiger partial charge is 0.134 e. The van der Waals surface area contributed by atoms with Crippen molar-refractivity contribution in [2.24, 2.45) is 5.73 Å². The predicted molar refractivity (Wildman–Crippen MR) is 85.9 cm³/mol. The zero-order chi connectivity index (χ0) is 14.3. The Morgan fingerprint density at radius 1 is 1.00 bits per heavy atom. The van der Waals surface area contributed by atoms with Gasteiger partial charge in [0.25, 0.3) is 0 Å². The molecular weight excluding hydrogens is 314 g/mol. The van der Waals surface area contributed by atoms with Gasteiger partial charge in [-0.3, -0.25) is 0 Å². The highest BCUT2D eigenvalue weighted by atomic mass is 79.9. The van der Waals surface area contributed by atoms with Crippen LogP contribution in [0.15, 0.2) is 51.4 Å². The van der Waals surface area contributed by atoms with Crippen LogP contribution < -0.4 is 5.73 Å². The Bertz CT molecular complexity index is 776. The molecule has 0 aliphatic rings. The minimum absolute atomic E-state index is 0.236. The monoisotopic (exact) mass is 329 g/mol. The molecule has 0 saturated carbocycles. The van der Waals surface area contributed by atoms with E-state index >= 15 is 0 Å². The summed E-state index contributed by atoms with van der Waals surface area (Å²) in [5.74, 6) is 0.793. The maximum Gasteiger partial charge on any atom is 0.134 e. The van der Waals surface area contributed by atoms with Gasteiger partial charge in [-0.05, 0) is 54.8 Å². The van der Waals surface area contributed by atoms with E-state index < -0.39 is 0 Å². The number of rotatable bonds is 2. The lowest BCUT2D eigenvalue weighted by Gasteiger charge is -2.11. The summed E-state index contributed by atoms with van der Waals surface area (Å²) in [6, 6.07) is 14.0. The van der Waals surface area contributed by atoms with Crippen molar-refractivity contribution >= 4 is 26.9 Å². The van der Waals surface area contributed by atoms with Crippen LogP contribution in [-0.4, -0.2) is 0 Å². The van der Waals surface area contributed by atoms with Crippen LogP contribution >= 0.6 is 15.9 Å². The topological polar surface area (TPSA) is 39.2 Å². The summed E-state index contributed by atoms with van der Waals surface area (Å²) in [7, 11) is 0. The van der Waals surface area contributed by atoms with Crippen molar-refractivity contribution in [3.05, 3.63) is 69.4 Å². The number of fused-ring (bicyclic) bond motifs is 1. The molecule has 0 fully saturated rings. The van der Waals surface area contributed by atoms with Gasteiger partial charge >= 0.3 is 0 Å². The summed E-state index contributed by atoms with van der Waals surface area (Å²) in [4.78, 5) is 0. The third-order valence-electron chi connectivity index (χ3n) is 3.69.